The number of amides is 2. The maximum Gasteiger partial charge on any atom is 0.261 e. The van der Waals surface area contributed by atoms with Gasteiger partial charge >= 0.3 is 0 Å². The van der Waals surface area contributed by atoms with E-state index in [9.17, 15) is 14.0 Å². The second-order valence-electron chi connectivity index (χ2n) is 6.59. The molecule has 1 atom stereocenters. The Morgan fingerprint density at radius 3 is 2.26 bits per heavy atom. The fourth-order valence-electron chi connectivity index (χ4n) is 2.52. The van der Waals surface area contributed by atoms with Gasteiger partial charge in [-0.05, 0) is 50.6 Å². The second-order valence-corrected chi connectivity index (χ2v) is 6.59. The highest BCUT2D eigenvalue weighted by Gasteiger charge is 2.26. The van der Waals surface area contributed by atoms with Crippen LogP contribution >= 0.6 is 0 Å². The summed E-state index contributed by atoms with van der Waals surface area (Å²) in [5, 5.41) is 2.81. The van der Waals surface area contributed by atoms with Crippen LogP contribution in [0.5, 0.6) is 5.75 Å². The predicted molar refractivity (Wildman–Crippen MR) is 102 cm³/mol. The van der Waals surface area contributed by atoms with E-state index in [1.807, 2.05) is 32.0 Å². The van der Waals surface area contributed by atoms with E-state index in [0.29, 0.717) is 5.75 Å². The number of rotatable bonds is 8. The van der Waals surface area contributed by atoms with Crippen LogP contribution in [-0.4, -0.2) is 35.4 Å². The summed E-state index contributed by atoms with van der Waals surface area (Å²) >= 11 is 0. The van der Waals surface area contributed by atoms with Gasteiger partial charge in [0.2, 0.25) is 5.91 Å². The average Bonchev–Trinajstić information content (AvgIpc) is 2.65. The first-order valence-electron chi connectivity index (χ1n) is 8.89. The molecule has 2 aromatic carbocycles. The Balaban J connectivity index is 2.12. The molecule has 2 rings (SSSR count). The zero-order valence-electron chi connectivity index (χ0n) is 15.8. The quantitative estimate of drug-likeness (QED) is 0.774. The summed E-state index contributed by atoms with van der Waals surface area (Å²) in [7, 11) is 0. The topological polar surface area (TPSA) is 58.6 Å². The lowest BCUT2D eigenvalue weighted by Gasteiger charge is -2.29. The third-order valence-electron chi connectivity index (χ3n) is 3.97. The number of ether oxygens (including phenoxy) is 1. The average molecular weight is 372 g/mol. The van der Waals surface area contributed by atoms with Gasteiger partial charge in [0.25, 0.3) is 5.91 Å². The van der Waals surface area contributed by atoms with Crippen LogP contribution in [0.1, 0.15) is 26.3 Å². The fraction of sp³-hybridized carbons (Fsp3) is 0.333. The molecule has 6 heteroatoms. The minimum Gasteiger partial charge on any atom is -0.484 e. The molecule has 144 valence electrons. The Kier molecular flexibility index (Phi) is 7.34. The molecule has 1 N–H and O–H groups in total. The smallest absolute Gasteiger partial charge is 0.261 e. The first kappa shape index (κ1) is 20.4. The van der Waals surface area contributed by atoms with Crippen molar-refractivity contribution in [2.24, 2.45) is 0 Å². The van der Waals surface area contributed by atoms with E-state index in [-0.39, 0.29) is 36.8 Å². The molecule has 0 aliphatic rings. The van der Waals surface area contributed by atoms with Crippen molar-refractivity contribution in [2.45, 2.75) is 39.4 Å². The van der Waals surface area contributed by atoms with Crippen molar-refractivity contribution in [1.29, 1.82) is 0 Å². The van der Waals surface area contributed by atoms with Crippen molar-refractivity contribution in [3.8, 4) is 5.75 Å². The highest BCUT2D eigenvalue weighted by molar-refractivity contribution is 5.88. The fourth-order valence-corrected chi connectivity index (χ4v) is 2.52. The number of nitrogens with zero attached hydrogens (tertiary/aromatic N) is 1. The lowest BCUT2D eigenvalue weighted by atomic mass is 10.1. The SMILES string of the molecule is CC(C)NC(=O)C(C)N(Cc1ccc(F)cc1)C(=O)COc1ccccc1. The molecule has 0 heterocycles. The minimum atomic E-state index is -0.690. The lowest BCUT2D eigenvalue weighted by molar-refractivity contribution is -0.142. The van der Waals surface area contributed by atoms with Crippen LogP contribution in [-0.2, 0) is 16.1 Å². The first-order valence-corrected chi connectivity index (χ1v) is 8.89. The Morgan fingerprint density at radius 1 is 1.04 bits per heavy atom. The van der Waals surface area contributed by atoms with E-state index in [4.69, 9.17) is 4.74 Å². The highest BCUT2D eigenvalue weighted by atomic mass is 19.1. The van der Waals surface area contributed by atoms with E-state index in [2.05, 4.69) is 5.32 Å². The molecular formula is C21H25FN2O3. The van der Waals surface area contributed by atoms with Gasteiger partial charge in [0.05, 0.1) is 0 Å². The zero-order chi connectivity index (χ0) is 19.8. The van der Waals surface area contributed by atoms with E-state index >= 15 is 0 Å². The maximum atomic E-state index is 13.2. The monoisotopic (exact) mass is 372 g/mol. The predicted octanol–water partition coefficient (Wildman–Crippen LogP) is 3.15. The van der Waals surface area contributed by atoms with E-state index in [0.717, 1.165) is 5.56 Å². The minimum absolute atomic E-state index is 0.0386. The molecular weight excluding hydrogens is 347 g/mol. The van der Waals surface area contributed by atoms with Crippen LogP contribution < -0.4 is 10.1 Å². The van der Waals surface area contributed by atoms with E-state index < -0.39 is 6.04 Å². The van der Waals surface area contributed by atoms with E-state index in [1.54, 1.807) is 31.2 Å². The van der Waals surface area contributed by atoms with Gasteiger partial charge in [-0.3, -0.25) is 9.59 Å². The van der Waals surface area contributed by atoms with Gasteiger partial charge < -0.3 is 15.0 Å². The summed E-state index contributed by atoms with van der Waals surface area (Å²) in [6, 6.07) is 14.1. The summed E-state index contributed by atoms with van der Waals surface area (Å²) in [5.74, 6) is -0.351. The molecule has 0 spiro atoms. The summed E-state index contributed by atoms with van der Waals surface area (Å²) in [6.07, 6.45) is 0. The number of hydrogen-bond acceptors (Lipinski definition) is 3. The molecule has 2 aromatic rings. The summed E-state index contributed by atoms with van der Waals surface area (Å²) in [6.45, 7) is 5.38. The molecule has 0 saturated heterocycles. The molecule has 1 unspecified atom stereocenters. The highest BCUT2D eigenvalue weighted by Crippen LogP contribution is 2.13. The van der Waals surface area contributed by atoms with Crippen molar-refractivity contribution < 1.29 is 18.7 Å². The van der Waals surface area contributed by atoms with Gasteiger partial charge in [0, 0.05) is 12.6 Å². The number of hydrogen-bond donors (Lipinski definition) is 1. The second kappa shape index (κ2) is 9.71. The third-order valence-corrected chi connectivity index (χ3v) is 3.97. The number of benzene rings is 2. The molecule has 0 saturated carbocycles. The van der Waals surface area contributed by atoms with Crippen LogP contribution in [0.15, 0.2) is 54.6 Å². The van der Waals surface area contributed by atoms with Gasteiger partial charge in [0.15, 0.2) is 6.61 Å². The van der Waals surface area contributed by atoms with Gasteiger partial charge in [-0.1, -0.05) is 30.3 Å². The molecule has 27 heavy (non-hydrogen) atoms. The molecule has 0 aliphatic carbocycles. The summed E-state index contributed by atoms with van der Waals surface area (Å²) in [4.78, 5) is 26.6. The van der Waals surface area contributed by atoms with Crippen LogP contribution in [0.25, 0.3) is 0 Å². The summed E-state index contributed by atoms with van der Waals surface area (Å²) in [5.41, 5.74) is 0.730. The Labute approximate surface area is 159 Å². The largest absolute Gasteiger partial charge is 0.484 e. The molecule has 0 radical (unpaired) electrons. The molecule has 0 bridgehead atoms. The summed E-state index contributed by atoms with van der Waals surface area (Å²) < 4.78 is 18.7. The third kappa shape index (κ3) is 6.40. The Bertz CT molecular complexity index is 748. The lowest BCUT2D eigenvalue weighted by Crippen LogP contribution is -2.50. The standard InChI is InChI=1S/C21H25FN2O3/c1-15(2)23-21(26)16(3)24(13-17-9-11-18(22)12-10-17)20(25)14-27-19-7-5-4-6-8-19/h4-12,15-16H,13-14H2,1-3H3,(H,23,26). The number of halogens is 1. The van der Waals surface area contributed by atoms with Gasteiger partial charge in [-0.2, -0.15) is 0 Å². The van der Waals surface area contributed by atoms with Gasteiger partial charge in [-0.15, -0.1) is 0 Å². The normalized spacial score (nSPS) is 11.7. The molecule has 0 aromatic heterocycles. The van der Waals surface area contributed by atoms with Crippen LogP contribution in [0, 0.1) is 5.82 Å². The van der Waals surface area contributed by atoms with Gasteiger partial charge in [-0.25, -0.2) is 4.39 Å². The van der Waals surface area contributed by atoms with Crippen molar-refractivity contribution in [3.05, 3.63) is 66.0 Å². The number of para-hydroxylation sites is 1. The van der Waals surface area contributed by atoms with Crippen molar-refractivity contribution in [3.63, 3.8) is 0 Å². The Hall–Kier alpha value is -2.89. The van der Waals surface area contributed by atoms with Crippen molar-refractivity contribution >= 4 is 11.8 Å². The molecule has 0 aliphatic heterocycles. The zero-order valence-corrected chi connectivity index (χ0v) is 15.8. The van der Waals surface area contributed by atoms with E-state index in [1.165, 1.54) is 17.0 Å². The van der Waals surface area contributed by atoms with Crippen LogP contribution in [0.4, 0.5) is 4.39 Å². The van der Waals surface area contributed by atoms with Crippen molar-refractivity contribution in [2.75, 3.05) is 6.61 Å². The number of carbonyl (C=O) groups is 2. The molecule has 0 fully saturated rings. The molecule has 2 amide bonds. The van der Waals surface area contributed by atoms with Gasteiger partial charge in [0.1, 0.15) is 17.6 Å². The first-order chi connectivity index (χ1) is 12.9. The van der Waals surface area contributed by atoms with Crippen LogP contribution in [0.2, 0.25) is 0 Å². The molecule has 5 nitrogen and oxygen atoms in total. The maximum absolute atomic E-state index is 13.2. The number of carbonyl (C=O) groups excluding carboxylic acids is 2. The number of nitrogens with one attached hydrogen (secondary N) is 1. The van der Waals surface area contributed by atoms with Crippen LogP contribution in [0.3, 0.4) is 0 Å². The Morgan fingerprint density at radius 2 is 1.67 bits per heavy atom. The van der Waals surface area contributed by atoms with Crippen molar-refractivity contribution in [1.82, 2.24) is 10.2 Å².